The zero-order valence-corrected chi connectivity index (χ0v) is 10.3. The van der Waals surface area contributed by atoms with Crippen LogP contribution in [0.5, 0.6) is 5.75 Å². The van der Waals surface area contributed by atoms with Crippen LogP contribution < -0.4 is 0 Å². The molecule has 0 heterocycles. The minimum Gasteiger partial charge on any atom is -0.507 e. The minimum absolute atomic E-state index is 0.124. The third-order valence-corrected chi connectivity index (χ3v) is 2.77. The molecule has 0 radical (unpaired) electrons. The smallest absolute Gasteiger partial charge is 0.309 e. The lowest BCUT2D eigenvalue weighted by Crippen LogP contribution is -2.26. The molecule has 0 bridgehead atoms. The van der Waals surface area contributed by atoms with Crippen LogP contribution >= 0.6 is 11.6 Å². The summed E-state index contributed by atoms with van der Waals surface area (Å²) in [5.74, 6) is -0.775. The van der Waals surface area contributed by atoms with Gasteiger partial charge in [-0.3, -0.25) is 4.79 Å². The number of hydrogen-bond donors (Lipinski definition) is 2. The topological polar surface area (TPSA) is 57.5 Å². The molecule has 0 amide bonds. The van der Waals surface area contributed by atoms with Gasteiger partial charge in [-0.15, -0.1) is 0 Å². The molecule has 0 aliphatic carbocycles. The molecule has 0 unspecified atom stereocenters. The first-order valence-electron chi connectivity index (χ1n) is 4.95. The number of rotatable bonds is 3. The molecule has 88 valence electrons. The van der Waals surface area contributed by atoms with Gasteiger partial charge in [0.1, 0.15) is 5.75 Å². The van der Waals surface area contributed by atoms with E-state index < -0.39 is 11.4 Å². The van der Waals surface area contributed by atoms with Crippen LogP contribution in [-0.2, 0) is 11.2 Å². The van der Waals surface area contributed by atoms with E-state index in [9.17, 15) is 9.90 Å². The Kier molecular flexibility index (Phi) is 3.48. The number of aromatic hydroxyl groups is 1. The first-order valence-corrected chi connectivity index (χ1v) is 5.33. The van der Waals surface area contributed by atoms with Crippen molar-refractivity contribution in [1.29, 1.82) is 0 Å². The lowest BCUT2D eigenvalue weighted by molar-refractivity contribution is -0.146. The van der Waals surface area contributed by atoms with Crippen LogP contribution in [-0.4, -0.2) is 16.2 Å². The zero-order chi connectivity index (χ0) is 12.5. The summed E-state index contributed by atoms with van der Waals surface area (Å²) in [5.41, 5.74) is 0.301. The molecule has 2 N–H and O–H groups in total. The van der Waals surface area contributed by atoms with Crippen LogP contribution in [0, 0.1) is 12.3 Å². The Morgan fingerprint density at radius 2 is 2.00 bits per heavy atom. The summed E-state index contributed by atoms with van der Waals surface area (Å²) in [6, 6.07) is 3.25. The van der Waals surface area contributed by atoms with E-state index in [4.69, 9.17) is 16.7 Å². The predicted octanol–water partition coefficient (Wildman–Crippen LogP) is 3.01. The highest BCUT2D eigenvalue weighted by Crippen LogP contribution is 2.32. The van der Waals surface area contributed by atoms with Crippen molar-refractivity contribution in [3.8, 4) is 5.75 Å². The maximum absolute atomic E-state index is 11.0. The third-order valence-electron chi connectivity index (χ3n) is 2.56. The largest absolute Gasteiger partial charge is 0.507 e. The standard InChI is InChI=1S/C12H15ClO3/c1-7-4-9(13)5-8(10(7)14)6-12(2,3)11(15)16/h4-5,14H,6H2,1-3H3,(H,15,16). The second-order valence-electron chi connectivity index (χ2n) is 4.60. The number of phenolic OH excluding ortho intramolecular Hbond substituents is 1. The summed E-state index contributed by atoms with van der Waals surface area (Å²) in [6.07, 6.45) is 0.246. The van der Waals surface area contributed by atoms with Gasteiger partial charge in [0.2, 0.25) is 0 Å². The van der Waals surface area contributed by atoms with E-state index in [2.05, 4.69) is 0 Å². The number of aliphatic carboxylic acids is 1. The van der Waals surface area contributed by atoms with Gasteiger partial charge in [-0.1, -0.05) is 11.6 Å². The second-order valence-corrected chi connectivity index (χ2v) is 5.03. The van der Waals surface area contributed by atoms with Gasteiger partial charge in [-0.2, -0.15) is 0 Å². The molecule has 0 saturated heterocycles. The highest BCUT2D eigenvalue weighted by atomic mass is 35.5. The second kappa shape index (κ2) is 4.34. The average Bonchev–Trinajstić information content (AvgIpc) is 2.12. The fraction of sp³-hybridized carbons (Fsp3) is 0.417. The van der Waals surface area contributed by atoms with Gasteiger partial charge in [-0.05, 0) is 50.5 Å². The number of aryl methyl sites for hydroxylation is 1. The SMILES string of the molecule is Cc1cc(Cl)cc(CC(C)(C)C(=O)O)c1O. The maximum atomic E-state index is 11.0. The molecule has 1 aromatic rings. The van der Waals surface area contributed by atoms with Gasteiger partial charge >= 0.3 is 5.97 Å². The van der Waals surface area contributed by atoms with Crippen LogP contribution in [0.15, 0.2) is 12.1 Å². The third kappa shape index (κ3) is 2.67. The lowest BCUT2D eigenvalue weighted by Gasteiger charge is -2.20. The highest BCUT2D eigenvalue weighted by Gasteiger charge is 2.28. The molecule has 16 heavy (non-hydrogen) atoms. The van der Waals surface area contributed by atoms with Crippen molar-refractivity contribution >= 4 is 17.6 Å². The summed E-state index contributed by atoms with van der Waals surface area (Å²) in [4.78, 5) is 11.0. The number of halogens is 1. The normalized spacial score (nSPS) is 11.5. The average molecular weight is 243 g/mol. The molecule has 0 saturated carbocycles. The van der Waals surface area contributed by atoms with E-state index in [1.807, 2.05) is 0 Å². The summed E-state index contributed by atoms with van der Waals surface area (Å²) >= 11 is 5.87. The van der Waals surface area contributed by atoms with Crippen molar-refractivity contribution in [1.82, 2.24) is 0 Å². The summed E-state index contributed by atoms with van der Waals surface area (Å²) in [7, 11) is 0. The highest BCUT2D eigenvalue weighted by molar-refractivity contribution is 6.30. The number of carbonyl (C=O) groups is 1. The molecule has 0 spiro atoms. The Morgan fingerprint density at radius 1 is 1.44 bits per heavy atom. The Bertz CT molecular complexity index is 425. The van der Waals surface area contributed by atoms with Crippen molar-refractivity contribution in [2.75, 3.05) is 0 Å². The fourth-order valence-electron chi connectivity index (χ4n) is 1.49. The molecule has 0 aromatic heterocycles. The Morgan fingerprint density at radius 3 is 2.50 bits per heavy atom. The monoisotopic (exact) mass is 242 g/mol. The van der Waals surface area contributed by atoms with Gasteiger partial charge in [0.15, 0.2) is 0 Å². The van der Waals surface area contributed by atoms with Crippen LogP contribution in [0.1, 0.15) is 25.0 Å². The van der Waals surface area contributed by atoms with Gasteiger partial charge in [0.25, 0.3) is 0 Å². The molecule has 4 heteroatoms. The summed E-state index contributed by atoms with van der Waals surface area (Å²) in [6.45, 7) is 4.97. The number of benzene rings is 1. The van der Waals surface area contributed by atoms with Crippen molar-refractivity contribution < 1.29 is 15.0 Å². The fourth-order valence-corrected chi connectivity index (χ4v) is 1.79. The molecule has 0 aliphatic heterocycles. The molecular weight excluding hydrogens is 228 g/mol. The van der Waals surface area contributed by atoms with Gasteiger partial charge in [-0.25, -0.2) is 0 Å². The Balaban J connectivity index is 3.11. The van der Waals surface area contributed by atoms with Gasteiger partial charge < -0.3 is 10.2 Å². The lowest BCUT2D eigenvalue weighted by atomic mass is 9.85. The molecule has 0 fully saturated rings. The van der Waals surface area contributed by atoms with Gasteiger partial charge in [0, 0.05) is 5.02 Å². The number of hydrogen-bond acceptors (Lipinski definition) is 2. The number of carboxylic acid groups (broad SMARTS) is 1. The predicted molar refractivity (Wildman–Crippen MR) is 63.0 cm³/mol. The summed E-state index contributed by atoms with van der Waals surface area (Å²) in [5, 5.41) is 19.3. The maximum Gasteiger partial charge on any atom is 0.309 e. The van der Waals surface area contributed by atoms with Crippen molar-refractivity contribution in [3.63, 3.8) is 0 Å². The van der Waals surface area contributed by atoms with Crippen LogP contribution in [0.3, 0.4) is 0 Å². The molecule has 1 rings (SSSR count). The number of phenols is 1. The Hall–Kier alpha value is -1.22. The van der Waals surface area contributed by atoms with Crippen molar-refractivity contribution in [2.24, 2.45) is 5.41 Å². The van der Waals surface area contributed by atoms with Crippen LogP contribution in [0.2, 0.25) is 5.02 Å². The van der Waals surface area contributed by atoms with Crippen molar-refractivity contribution in [2.45, 2.75) is 27.2 Å². The molecular formula is C12H15ClO3. The zero-order valence-electron chi connectivity index (χ0n) is 9.54. The first-order chi connectivity index (χ1) is 7.24. The van der Waals surface area contributed by atoms with E-state index in [1.54, 1.807) is 32.9 Å². The van der Waals surface area contributed by atoms with Crippen LogP contribution in [0.25, 0.3) is 0 Å². The van der Waals surface area contributed by atoms with Crippen molar-refractivity contribution in [3.05, 3.63) is 28.3 Å². The molecule has 3 nitrogen and oxygen atoms in total. The minimum atomic E-state index is -0.922. The number of carboxylic acids is 1. The van der Waals surface area contributed by atoms with E-state index in [-0.39, 0.29) is 12.2 Å². The summed E-state index contributed by atoms with van der Waals surface area (Å²) < 4.78 is 0. The van der Waals surface area contributed by atoms with E-state index >= 15 is 0 Å². The Labute approximate surface area is 99.7 Å². The molecule has 0 aliphatic rings. The first kappa shape index (κ1) is 12.8. The van der Waals surface area contributed by atoms with E-state index in [1.165, 1.54) is 0 Å². The molecule has 0 atom stereocenters. The van der Waals surface area contributed by atoms with Gasteiger partial charge in [0.05, 0.1) is 5.41 Å². The van der Waals surface area contributed by atoms with Crippen LogP contribution in [0.4, 0.5) is 0 Å². The van der Waals surface area contributed by atoms with E-state index in [0.29, 0.717) is 16.1 Å². The van der Waals surface area contributed by atoms with E-state index in [0.717, 1.165) is 0 Å². The quantitative estimate of drug-likeness (QED) is 0.857. The molecule has 1 aromatic carbocycles.